The van der Waals surface area contributed by atoms with Crippen LogP contribution >= 0.6 is 0 Å². The van der Waals surface area contributed by atoms with E-state index in [0.717, 1.165) is 32.7 Å². The molecule has 2 aliphatic rings. The van der Waals surface area contributed by atoms with Gasteiger partial charge in [0.15, 0.2) is 0 Å². The number of aromatic nitrogens is 1. The van der Waals surface area contributed by atoms with E-state index in [4.69, 9.17) is 14.3 Å². The molecule has 2 aromatic heterocycles. The number of nitrogens with zero attached hydrogens (tertiary/aromatic N) is 3. The highest BCUT2D eigenvalue weighted by Gasteiger charge is 2.42. The van der Waals surface area contributed by atoms with Crippen LogP contribution in [0.25, 0.3) is 0 Å². The molecule has 0 radical (unpaired) electrons. The predicted octanol–water partition coefficient (Wildman–Crippen LogP) is 2.82. The van der Waals surface area contributed by atoms with Gasteiger partial charge in [-0.25, -0.2) is 4.79 Å². The summed E-state index contributed by atoms with van der Waals surface area (Å²) in [5, 5.41) is 7.12. The quantitative estimate of drug-likeness (QED) is 0.814. The van der Waals surface area contributed by atoms with Crippen LogP contribution in [-0.2, 0) is 11.3 Å². The van der Waals surface area contributed by atoms with Crippen LogP contribution in [0.2, 0.25) is 0 Å². The van der Waals surface area contributed by atoms with Gasteiger partial charge in [0.25, 0.3) is 5.91 Å². The van der Waals surface area contributed by atoms with E-state index in [0.29, 0.717) is 23.2 Å². The van der Waals surface area contributed by atoms with E-state index >= 15 is 0 Å². The molecule has 2 aromatic rings. The minimum Gasteiger partial charge on any atom is -0.475 e. The van der Waals surface area contributed by atoms with Gasteiger partial charge >= 0.3 is 12.1 Å². The van der Waals surface area contributed by atoms with Crippen LogP contribution in [0.4, 0.5) is 13.2 Å². The van der Waals surface area contributed by atoms with Gasteiger partial charge in [0, 0.05) is 45.1 Å². The number of hydrogen-bond acceptors (Lipinski definition) is 5. The van der Waals surface area contributed by atoms with Crippen molar-refractivity contribution in [1.29, 1.82) is 0 Å². The number of furan rings is 1. The Bertz CT molecular complexity index is 871. The number of likely N-dealkylation sites (tertiary alicyclic amines) is 2. The van der Waals surface area contributed by atoms with Gasteiger partial charge in [-0.1, -0.05) is 6.07 Å². The second-order valence-electron chi connectivity index (χ2n) is 7.48. The highest BCUT2D eigenvalue weighted by molar-refractivity contribution is 5.95. The van der Waals surface area contributed by atoms with Crippen molar-refractivity contribution in [3.8, 4) is 0 Å². The lowest BCUT2D eigenvalue weighted by Gasteiger charge is -2.21. The zero-order valence-corrected chi connectivity index (χ0v) is 16.3. The minimum absolute atomic E-state index is 0.115. The molecule has 0 aliphatic carbocycles. The number of carbonyl (C=O) groups excluding carboxylic acids is 1. The largest absolute Gasteiger partial charge is 0.490 e. The molecule has 30 heavy (non-hydrogen) atoms. The van der Waals surface area contributed by atoms with Crippen molar-refractivity contribution in [3.63, 3.8) is 0 Å². The summed E-state index contributed by atoms with van der Waals surface area (Å²) in [6, 6.07) is 5.89. The SMILES string of the molecule is Cc1occc1C(=O)N1CC2CN(Cc3cccnc3)CC2C1.O=C(O)C(F)(F)F. The molecular weight excluding hydrogens is 403 g/mol. The lowest BCUT2D eigenvalue weighted by molar-refractivity contribution is -0.192. The van der Waals surface area contributed by atoms with Gasteiger partial charge in [-0.3, -0.25) is 14.7 Å². The Morgan fingerprint density at radius 3 is 2.30 bits per heavy atom. The summed E-state index contributed by atoms with van der Waals surface area (Å²) in [7, 11) is 0. The summed E-state index contributed by atoms with van der Waals surface area (Å²) in [5.74, 6) is -0.757. The van der Waals surface area contributed by atoms with E-state index in [1.54, 1.807) is 12.3 Å². The number of fused-ring (bicyclic) bond motifs is 1. The van der Waals surface area contributed by atoms with Crippen LogP contribution in [-0.4, -0.2) is 64.1 Å². The van der Waals surface area contributed by atoms with Crippen molar-refractivity contribution < 1.29 is 32.3 Å². The standard InChI is InChI=1S/C18H21N3O2.C2HF3O2/c1-13-17(4-6-23-13)18(22)21-11-15-9-20(10-16(15)12-21)8-14-3-2-5-19-7-14;3-2(4,5)1(6)7/h2-7,15-16H,8-12H2,1H3;(H,6,7). The van der Waals surface area contributed by atoms with Crippen LogP contribution in [0, 0.1) is 18.8 Å². The summed E-state index contributed by atoms with van der Waals surface area (Å²) in [4.78, 5) is 30.1. The van der Waals surface area contributed by atoms with Gasteiger partial charge in [-0.15, -0.1) is 0 Å². The average Bonchev–Trinajstić information content (AvgIpc) is 3.36. The van der Waals surface area contributed by atoms with E-state index in [1.165, 1.54) is 5.56 Å². The van der Waals surface area contributed by atoms with Crippen LogP contribution < -0.4 is 0 Å². The van der Waals surface area contributed by atoms with Crippen molar-refractivity contribution in [1.82, 2.24) is 14.8 Å². The minimum atomic E-state index is -5.08. The highest BCUT2D eigenvalue weighted by atomic mass is 19.4. The molecule has 4 rings (SSSR count). The molecule has 2 unspecified atom stereocenters. The Labute approximate surface area is 171 Å². The van der Waals surface area contributed by atoms with E-state index in [1.807, 2.05) is 30.3 Å². The number of halogens is 3. The maximum absolute atomic E-state index is 12.6. The number of amides is 1. The molecule has 1 N–H and O–H groups in total. The highest BCUT2D eigenvalue weighted by Crippen LogP contribution is 2.33. The predicted molar refractivity (Wildman–Crippen MR) is 99.5 cm³/mol. The average molecular weight is 425 g/mol. The number of aliphatic carboxylic acids is 1. The zero-order valence-electron chi connectivity index (χ0n) is 16.3. The molecule has 2 fully saturated rings. The Kier molecular flexibility index (Phi) is 6.45. The number of carboxylic acids is 1. The Morgan fingerprint density at radius 1 is 1.20 bits per heavy atom. The number of rotatable bonds is 3. The fourth-order valence-corrected chi connectivity index (χ4v) is 3.91. The molecule has 0 spiro atoms. The lowest BCUT2D eigenvalue weighted by Crippen LogP contribution is -2.33. The van der Waals surface area contributed by atoms with Gasteiger partial charge < -0.3 is 14.4 Å². The van der Waals surface area contributed by atoms with Gasteiger partial charge in [0.2, 0.25) is 0 Å². The summed E-state index contributed by atoms with van der Waals surface area (Å²) >= 11 is 0. The summed E-state index contributed by atoms with van der Waals surface area (Å²) in [6.45, 7) is 6.64. The van der Waals surface area contributed by atoms with Crippen molar-refractivity contribution in [2.24, 2.45) is 11.8 Å². The maximum atomic E-state index is 12.6. The van der Waals surface area contributed by atoms with E-state index in [9.17, 15) is 18.0 Å². The molecule has 0 saturated carbocycles. The van der Waals surface area contributed by atoms with E-state index < -0.39 is 12.1 Å². The summed E-state index contributed by atoms with van der Waals surface area (Å²) in [6.07, 6.45) is 0.254. The molecule has 0 bridgehead atoms. The van der Waals surface area contributed by atoms with Crippen LogP contribution in [0.15, 0.2) is 41.3 Å². The second-order valence-corrected chi connectivity index (χ2v) is 7.48. The number of hydrogen-bond donors (Lipinski definition) is 1. The first-order valence-corrected chi connectivity index (χ1v) is 9.40. The number of alkyl halides is 3. The summed E-state index contributed by atoms with van der Waals surface area (Å²) < 4.78 is 37.0. The normalized spacial score (nSPS) is 21.1. The fraction of sp³-hybridized carbons (Fsp3) is 0.450. The molecule has 10 heteroatoms. The molecule has 2 saturated heterocycles. The lowest BCUT2D eigenvalue weighted by atomic mass is 10.0. The number of pyridine rings is 1. The zero-order chi connectivity index (χ0) is 21.9. The van der Waals surface area contributed by atoms with Crippen molar-refractivity contribution in [3.05, 3.63) is 53.7 Å². The van der Waals surface area contributed by atoms with E-state index in [2.05, 4.69) is 16.0 Å². The van der Waals surface area contributed by atoms with Crippen LogP contribution in [0.1, 0.15) is 21.7 Å². The topological polar surface area (TPSA) is 86.9 Å². The molecule has 2 atom stereocenters. The third-order valence-electron chi connectivity index (χ3n) is 5.31. The first kappa shape index (κ1) is 21.8. The van der Waals surface area contributed by atoms with Crippen molar-refractivity contribution in [2.45, 2.75) is 19.6 Å². The van der Waals surface area contributed by atoms with Gasteiger partial charge in [-0.2, -0.15) is 13.2 Å². The molecule has 0 aromatic carbocycles. The van der Waals surface area contributed by atoms with Gasteiger partial charge in [0.05, 0.1) is 11.8 Å². The molecule has 1 amide bonds. The Balaban J connectivity index is 0.000000318. The first-order valence-electron chi connectivity index (χ1n) is 9.40. The van der Waals surface area contributed by atoms with Gasteiger partial charge in [-0.05, 0) is 36.5 Å². The Hall–Kier alpha value is -2.88. The monoisotopic (exact) mass is 425 g/mol. The van der Waals surface area contributed by atoms with Crippen LogP contribution in [0.3, 0.4) is 0 Å². The van der Waals surface area contributed by atoms with Crippen molar-refractivity contribution >= 4 is 11.9 Å². The molecule has 162 valence electrons. The molecular formula is C20H22F3N3O4. The Morgan fingerprint density at radius 2 is 1.83 bits per heavy atom. The molecule has 2 aliphatic heterocycles. The number of carbonyl (C=O) groups is 2. The second kappa shape index (κ2) is 8.86. The van der Waals surface area contributed by atoms with Gasteiger partial charge in [0.1, 0.15) is 5.76 Å². The van der Waals surface area contributed by atoms with Crippen molar-refractivity contribution in [2.75, 3.05) is 26.2 Å². The summed E-state index contributed by atoms with van der Waals surface area (Å²) in [5.41, 5.74) is 1.96. The number of carboxylic acid groups (broad SMARTS) is 1. The number of aryl methyl sites for hydroxylation is 1. The fourth-order valence-electron chi connectivity index (χ4n) is 3.91. The maximum Gasteiger partial charge on any atom is 0.490 e. The third kappa shape index (κ3) is 5.18. The van der Waals surface area contributed by atoms with Crippen LogP contribution in [0.5, 0.6) is 0 Å². The first-order chi connectivity index (χ1) is 14.1. The molecule has 7 nitrogen and oxygen atoms in total. The third-order valence-corrected chi connectivity index (χ3v) is 5.31. The molecule has 4 heterocycles. The smallest absolute Gasteiger partial charge is 0.475 e. The van der Waals surface area contributed by atoms with E-state index in [-0.39, 0.29) is 5.91 Å².